The van der Waals surface area contributed by atoms with Gasteiger partial charge in [-0.3, -0.25) is 14.5 Å². The van der Waals surface area contributed by atoms with Gasteiger partial charge in [-0.2, -0.15) is 0 Å². The molecule has 0 fully saturated rings. The van der Waals surface area contributed by atoms with Crippen molar-refractivity contribution in [1.29, 1.82) is 0 Å². The summed E-state index contributed by atoms with van der Waals surface area (Å²) in [4.78, 5) is 39.2. The molecule has 0 spiro atoms. The van der Waals surface area contributed by atoms with Crippen LogP contribution in [0.1, 0.15) is 26.3 Å². The molecule has 3 aromatic carbocycles. The number of rotatable bonds is 6. The number of imide groups is 1. The Kier molecular flexibility index (Phi) is 6.04. The van der Waals surface area contributed by atoms with Crippen molar-refractivity contribution in [3.8, 4) is 5.75 Å². The van der Waals surface area contributed by atoms with Crippen LogP contribution in [-0.2, 0) is 11.2 Å². The highest BCUT2D eigenvalue weighted by Crippen LogP contribution is 2.19. The molecule has 0 radical (unpaired) electrons. The van der Waals surface area contributed by atoms with Crippen LogP contribution in [0, 0.1) is 0 Å². The summed E-state index contributed by atoms with van der Waals surface area (Å²) in [5, 5.41) is 19.3. The van der Waals surface area contributed by atoms with E-state index >= 15 is 0 Å². The van der Waals surface area contributed by atoms with Crippen molar-refractivity contribution in [1.82, 2.24) is 4.90 Å². The van der Waals surface area contributed by atoms with Gasteiger partial charge in [-0.1, -0.05) is 48.5 Å². The van der Waals surface area contributed by atoms with E-state index in [-0.39, 0.29) is 23.3 Å². The zero-order chi connectivity index (χ0) is 20.8. The zero-order valence-electron chi connectivity index (χ0n) is 15.4. The lowest BCUT2D eigenvalue weighted by Crippen LogP contribution is -2.49. The standard InChI is InChI=1S/C23H19NO5/c25-19-13-11-16(12-14-19)15-20(23(28)29)24(21(26)17-7-3-1-4-8-17)22(27)18-9-5-2-6-10-18/h1-14,20,25H,15H2,(H,28,29)/t20-/m0/s1. The Morgan fingerprint density at radius 1 is 0.724 bits per heavy atom. The minimum atomic E-state index is -1.42. The number of hydrogen-bond donors (Lipinski definition) is 2. The number of aliphatic carboxylic acids is 1. The summed E-state index contributed by atoms with van der Waals surface area (Å²) in [7, 11) is 0. The zero-order valence-corrected chi connectivity index (χ0v) is 15.4. The summed E-state index contributed by atoms with van der Waals surface area (Å²) in [6.07, 6.45) is -0.0905. The molecule has 3 rings (SSSR count). The van der Waals surface area contributed by atoms with Gasteiger partial charge in [0, 0.05) is 17.5 Å². The molecule has 3 aromatic rings. The quantitative estimate of drug-likeness (QED) is 0.631. The summed E-state index contributed by atoms with van der Waals surface area (Å²) < 4.78 is 0. The van der Waals surface area contributed by atoms with Gasteiger partial charge >= 0.3 is 5.97 Å². The van der Waals surface area contributed by atoms with Crippen LogP contribution in [0.3, 0.4) is 0 Å². The number of carboxylic acid groups (broad SMARTS) is 1. The van der Waals surface area contributed by atoms with E-state index in [0.717, 1.165) is 4.90 Å². The number of carbonyl (C=O) groups excluding carboxylic acids is 2. The average molecular weight is 389 g/mol. The van der Waals surface area contributed by atoms with Crippen molar-refractivity contribution in [2.75, 3.05) is 0 Å². The Morgan fingerprint density at radius 3 is 1.59 bits per heavy atom. The molecule has 0 bridgehead atoms. The molecule has 29 heavy (non-hydrogen) atoms. The molecule has 0 aliphatic carbocycles. The number of carboxylic acids is 1. The van der Waals surface area contributed by atoms with Crippen molar-refractivity contribution in [3.05, 3.63) is 102 Å². The fourth-order valence-corrected chi connectivity index (χ4v) is 2.96. The normalized spacial score (nSPS) is 11.4. The highest BCUT2D eigenvalue weighted by Gasteiger charge is 2.36. The summed E-state index contributed by atoms with van der Waals surface area (Å²) in [5.74, 6) is -2.64. The van der Waals surface area contributed by atoms with Crippen LogP contribution in [-0.4, -0.2) is 38.9 Å². The molecule has 0 saturated carbocycles. The molecule has 0 aliphatic rings. The van der Waals surface area contributed by atoms with Crippen LogP contribution in [0.25, 0.3) is 0 Å². The number of amides is 2. The maximum absolute atomic E-state index is 13.2. The average Bonchev–Trinajstić information content (AvgIpc) is 2.75. The second kappa shape index (κ2) is 8.84. The van der Waals surface area contributed by atoms with Gasteiger partial charge in [0.1, 0.15) is 11.8 Å². The van der Waals surface area contributed by atoms with Gasteiger partial charge in [-0.05, 0) is 42.0 Å². The molecule has 0 aliphatic heterocycles. The lowest BCUT2D eigenvalue weighted by molar-refractivity contribution is -0.141. The molecule has 2 amide bonds. The van der Waals surface area contributed by atoms with Crippen LogP contribution in [0.15, 0.2) is 84.9 Å². The summed E-state index contributed by atoms with van der Waals surface area (Å²) in [5.41, 5.74) is 1.00. The number of hydrogen-bond acceptors (Lipinski definition) is 4. The maximum atomic E-state index is 13.2. The predicted molar refractivity (Wildman–Crippen MR) is 107 cm³/mol. The lowest BCUT2D eigenvalue weighted by atomic mass is 10.0. The van der Waals surface area contributed by atoms with Crippen molar-refractivity contribution in [2.24, 2.45) is 0 Å². The molecule has 2 N–H and O–H groups in total. The van der Waals surface area contributed by atoms with Gasteiger partial charge in [-0.25, -0.2) is 4.79 Å². The topological polar surface area (TPSA) is 94.9 Å². The molecular formula is C23H19NO5. The third-order valence-corrected chi connectivity index (χ3v) is 4.44. The number of carbonyl (C=O) groups is 3. The number of phenolic OH excluding ortho intramolecular Hbond substituents is 1. The van der Waals surface area contributed by atoms with Crippen LogP contribution < -0.4 is 0 Å². The SMILES string of the molecule is O=C(O)[C@H](Cc1ccc(O)cc1)N(C(=O)c1ccccc1)C(=O)c1ccccc1. The molecule has 0 aromatic heterocycles. The van der Waals surface area contributed by atoms with Crippen molar-refractivity contribution >= 4 is 17.8 Å². The number of aromatic hydroxyl groups is 1. The molecule has 146 valence electrons. The fraction of sp³-hybridized carbons (Fsp3) is 0.0870. The minimum absolute atomic E-state index is 0.0400. The van der Waals surface area contributed by atoms with Gasteiger partial charge in [0.15, 0.2) is 0 Å². The summed E-state index contributed by atoms with van der Waals surface area (Å²) in [6.45, 7) is 0. The Bertz CT molecular complexity index is 949. The van der Waals surface area contributed by atoms with Gasteiger partial charge in [0.05, 0.1) is 0 Å². The molecule has 0 unspecified atom stereocenters. The van der Waals surface area contributed by atoms with E-state index in [4.69, 9.17) is 0 Å². The number of phenols is 1. The van der Waals surface area contributed by atoms with Crippen LogP contribution in [0.4, 0.5) is 0 Å². The van der Waals surface area contributed by atoms with E-state index in [2.05, 4.69) is 0 Å². The highest BCUT2D eigenvalue weighted by atomic mass is 16.4. The number of benzene rings is 3. The van der Waals surface area contributed by atoms with Gasteiger partial charge < -0.3 is 10.2 Å². The first-order valence-corrected chi connectivity index (χ1v) is 8.96. The monoisotopic (exact) mass is 389 g/mol. The van der Waals surface area contributed by atoms with E-state index < -0.39 is 23.8 Å². The van der Waals surface area contributed by atoms with Crippen molar-refractivity contribution in [2.45, 2.75) is 12.5 Å². The lowest BCUT2D eigenvalue weighted by Gasteiger charge is -2.27. The van der Waals surface area contributed by atoms with Crippen LogP contribution in [0.5, 0.6) is 5.75 Å². The van der Waals surface area contributed by atoms with Crippen LogP contribution in [0.2, 0.25) is 0 Å². The smallest absolute Gasteiger partial charge is 0.327 e. The molecular weight excluding hydrogens is 370 g/mol. The van der Waals surface area contributed by atoms with Crippen molar-refractivity contribution in [3.63, 3.8) is 0 Å². The van der Waals surface area contributed by atoms with E-state index in [0.29, 0.717) is 5.56 Å². The molecule has 6 nitrogen and oxygen atoms in total. The van der Waals surface area contributed by atoms with Gasteiger partial charge in [0.2, 0.25) is 0 Å². The Morgan fingerprint density at radius 2 is 1.17 bits per heavy atom. The summed E-state index contributed by atoms with van der Waals surface area (Å²) in [6, 6.07) is 20.7. The van der Waals surface area contributed by atoms with Gasteiger partial charge in [-0.15, -0.1) is 0 Å². The fourth-order valence-electron chi connectivity index (χ4n) is 2.96. The third kappa shape index (κ3) is 4.68. The largest absolute Gasteiger partial charge is 0.508 e. The van der Waals surface area contributed by atoms with Crippen molar-refractivity contribution < 1.29 is 24.6 Å². The predicted octanol–water partition coefficient (Wildman–Crippen LogP) is 3.37. The number of nitrogens with zero attached hydrogens (tertiary/aromatic N) is 1. The van der Waals surface area contributed by atoms with Crippen LogP contribution >= 0.6 is 0 Å². The Labute approximate surface area is 167 Å². The van der Waals surface area contributed by atoms with Gasteiger partial charge in [0.25, 0.3) is 11.8 Å². The van der Waals surface area contributed by atoms with E-state index in [9.17, 15) is 24.6 Å². The first-order chi connectivity index (χ1) is 14.0. The van der Waals surface area contributed by atoms with E-state index in [1.165, 1.54) is 36.4 Å². The first kappa shape index (κ1) is 19.8. The molecule has 0 heterocycles. The molecule has 0 saturated heterocycles. The minimum Gasteiger partial charge on any atom is -0.508 e. The first-order valence-electron chi connectivity index (χ1n) is 8.96. The second-order valence-corrected chi connectivity index (χ2v) is 6.44. The summed E-state index contributed by atoms with van der Waals surface area (Å²) >= 11 is 0. The molecule has 1 atom stereocenters. The molecule has 6 heteroatoms. The Hall–Kier alpha value is -3.93. The van der Waals surface area contributed by atoms with E-state index in [1.807, 2.05) is 0 Å². The highest BCUT2D eigenvalue weighted by molar-refractivity contribution is 6.12. The Balaban J connectivity index is 2.03. The van der Waals surface area contributed by atoms with E-state index in [1.54, 1.807) is 48.5 Å². The maximum Gasteiger partial charge on any atom is 0.327 e. The second-order valence-electron chi connectivity index (χ2n) is 6.44. The third-order valence-electron chi connectivity index (χ3n) is 4.44.